The van der Waals surface area contributed by atoms with Crippen LogP contribution in [0.1, 0.15) is 32.8 Å². The topological polar surface area (TPSA) is 44.4 Å². The molecule has 0 aliphatic carbocycles. The van der Waals surface area contributed by atoms with Gasteiger partial charge in [0.2, 0.25) is 5.91 Å². The molecule has 0 aromatic heterocycles. The lowest BCUT2D eigenvalue weighted by atomic mass is 9.93. The second-order valence-corrected chi connectivity index (χ2v) is 6.64. The quantitative estimate of drug-likeness (QED) is 0.836. The van der Waals surface area contributed by atoms with E-state index in [1.807, 2.05) is 35.2 Å². The molecule has 1 heterocycles. The van der Waals surface area contributed by atoms with Gasteiger partial charge in [-0.25, -0.2) is 0 Å². The van der Waals surface area contributed by atoms with Crippen LogP contribution in [0.2, 0.25) is 0 Å². The molecule has 1 saturated heterocycles. The highest BCUT2D eigenvalue weighted by atomic mass is 32.1. The molecule has 1 aromatic carbocycles. The summed E-state index contributed by atoms with van der Waals surface area (Å²) in [4.78, 5) is 14.1. The normalized spacial score (nSPS) is 20.8. The van der Waals surface area contributed by atoms with Gasteiger partial charge >= 0.3 is 0 Å². The van der Waals surface area contributed by atoms with Crippen molar-refractivity contribution in [2.24, 2.45) is 0 Å². The van der Waals surface area contributed by atoms with Gasteiger partial charge in [-0.2, -0.15) is 0 Å². The molecule has 0 radical (unpaired) electrons. The van der Waals surface area contributed by atoms with Crippen molar-refractivity contribution in [1.82, 2.24) is 15.5 Å². The van der Waals surface area contributed by atoms with Gasteiger partial charge in [0.25, 0.3) is 0 Å². The van der Waals surface area contributed by atoms with Crippen LogP contribution in [0.5, 0.6) is 0 Å². The number of amides is 1. The molecule has 0 spiro atoms. The third-order valence-electron chi connectivity index (χ3n) is 3.69. The first kappa shape index (κ1) is 15.8. The summed E-state index contributed by atoms with van der Waals surface area (Å²) in [5, 5.41) is 6.89. The van der Waals surface area contributed by atoms with Gasteiger partial charge in [0.05, 0.1) is 6.54 Å². The molecule has 2 rings (SSSR count). The van der Waals surface area contributed by atoms with Crippen LogP contribution in [0.3, 0.4) is 0 Å². The van der Waals surface area contributed by atoms with E-state index in [2.05, 4.69) is 31.4 Å². The van der Waals surface area contributed by atoms with E-state index < -0.39 is 0 Å². The Bertz CT molecular complexity index is 516. The molecule has 0 bridgehead atoms. The zero-order valence-corrected chi connectivity index (χ0v) is 13.7. The summed E-state index contributed by atoms with van der Waals surface area (Å²) >= 11 is 5.38. The lowest BCUT2D eigenvalue weighted by Gasteiger charge is -2.44. The Morgan fingerprint density at radius 2 is 2.10 bits per heavy atom. The van der Waals surface area contributed by atoms with Crippen molar-refractivity contribution in [3.63, 3.8) is 0 Å². The van der Waals surface area contributed by atoms with E-state index in [9.17, 15) is 4.79 Å². The maximum atomic E-state index is 12.1. The van der Waals surface area contributed by atoms with Crippen LogP contribution < -0.4 is 10.6 Å². The zero-order valence-electron chi connectivity index (χ0n) is 12.8. The maximum Gasteiger partial charge on any atom is 0.239 e. The van der Waals surface area contributed by atoms with Crippen molar-refractivity contribution in [2.45, 2.75) is 45.3 Å². The predicted octanol–water partition coefficient (Wildman–Crippen LogP) is 2.05. The fourth-order valence-electron chi connectivity index (χ4n) is 2.70. The van der Waals surface area contributed by atoms with Crippen LogP contribution in [-0.4, -0.2) is 34.0 Å². The summed E-state index contributed by atoms with van der Waals surface area (Å²) in [6.07, 6.45) is 0.957. The summed E-state index contributed by atoms with van der Waals surface area (Å²) in [7, 11) is 0. The van der Waals surface area contributed by atoms with E-state index in [1.165, 1.54) is 0 Å². The van der Waals surface area contributed by atoms with E-state index in [4.69, 9.17) is 12.2 Å². The Kier molecular flexibility index (Phi) is 4.83. The lowest BCUT2D eigenvalue weighted by molar-refractivity contribution is -0.122. The molecule has 114 valence electrons. The molecule has 1 aliphatic heterocycles. The summed E-state index contributed by atoms with van der Waals surface area (Å²) in [6.45, 7) is 7.22. The Labute approximate surface area is 131 Å². The Morgan fingerprint density at radius 3 is 2.71 bits per heavy atom. The van der Waals surface area contributed by atoms with Crippen LogP contribution in [0.15, 0.2) is 30.3 Å². The average molecular weight is 305 g/mol. The molecule has 5 heteroatoms. The molecule has 1 fully saturated rings. The third-order valence-corrected chi connectivity index (χ3v) is 4.03. The number of hydrogen-bond acceptors (Lipinski definition) is 2. The number of benzene rings is 1. The summed E-state index contributed by atoms with van der Waals surface area (Å²) in [5.74, 6) is -0.00504. The van der Waals surface area contributed by atoms with E-state index in [0.717, 1.165) is 12.0 Å². The highest BCUT2D eigenvalue weighted by Gasteiger charge is 2.33. The number of thiocarbonyl (C=S) groups is 1. The second-order valence-electron chi connectivity index (χ2n) is 6.26. The number of hydrogen-bond donors (Lipinski definition) is 2. The van der Waals surface area contributed by atoms with Gasteiger partial charge in [0, 0.05) is 18.1 Å². The minimum Gasteiger partial charge on any atom is -0.358 e. The monoisotopic (exact) mass is 305 g/mol. The van der Waals surface area contributed by atoms with E-state index >= 15 is 0 Å². The van der Waals surface area contributed by atoms with Crippen LogP contribution in [0.25, 0.3) is 0 Å². The van der Waals surface area contributed by atoms with Gasteiger partial charge in [0.15, 0.2) is 5.11 Å². The summed E-state index contributed by atoms with van der Waals surface area (Å²) in [6, 6.07) is 10.2. The molecule has 2 N–H and O–H groups in total. The van der Waals surface area contributed by atoms with Gasteiger partial charge in [-0.15, -0.1) is 0 Å². The minimum absolute atomic E-state index is 0.00504. The highest BCUT2D eigenvalue weighted by molar-refractivity contribution is 7.80. The molecule has 1 amide bonds. The minimum atomic E-state index is -0.00643. The van der Waals surface area contributed by atoms with Gasteiger partial charge in [-0.1, -0.05) is 30.3 Å². The summed E-state index contributed by atoms with van der Waals surface area (Å²) in [5.41, 5.74) is 1.09. The van der Waals surface area contributed by atoms with Crippen LogP contribution in [-0.2, 0) is 11.3 Å². The SMILES string of the molecule is CC1CC(C)(C)NC(=S)N1CC(=O)NCc1ccccc1. The van der Waals surface area contributed by atoms with Crippen molar-refractivity contribution >= 4 is 23.2 Å². The van der Waals surface area contributed by atoms with Crippen LogP contribution in [0.4, 0.5) is 0 Å². The number of nitrogens with one attached hydrogen (secondary N) is 2. The first-order chi connectivity index (χ1) is 9.87. The molecule has 0 saturated carbocycles. The first-order valence-electron chi connectivity index (χ1n) is 7.27. The Balaban J connectivity index is 1.86. The predicted molar refractivity (Wildman–Crippen MR) is 88.9 cm³/mol. The molecule has 1 aromatic rings. The van der Waals surface area contributed by atoms with Gasteiger partial charge in [-0.3, -0.25) is 4.79 Å². The smallest absolute Gasteiger partial charge is 0.239 e. The number of rotatable bonds is 4. The number of carbonyl (C=O) groups excluding carboxylic acids is 1. The van der Waals surface area contributed by atoms with Crippen LogP contribution in [0, 0.1) is 0 Å². The van der Waals surface area contributed by atoms with Crippen molar-refractivity contribution in [3.05, 3.63) is 35.9 Å². The van der Waals surface area contributed by atoms with E-state index in [0.29, 0.717) is 18.2 Å². The van der Waals surface area contributed by atoms with Gasteiger partial charge < -0.3 is 15.5 Å². The first-order valence-corrected chi connectivity index (χ1v) is 7.68. The maximum absolute atomic E-state index is 12.1. The fraction of sp³-hybridized carbons (Fsp3) is 0.500. The van der Waals surface area contributed by atoms with Gasteiger partial charge in [0.1, 0.15) is 0 Å². The standard InChI is InChI=1S/C16H23N3OS/c1-12-9-16(2,3)18-15(21)19(12)11-14(20)17-10-13-7-5-4-6-8-13/h4-8,12H,9-11H2,1-3H3,(H,17,20)(H,18,21). The number of nitrogens with zero attached hydrogens (tertiary/aromatic N) is 1. The van der Waals surface area contributed by atoms with Gasteiger partial charge in [-0.05, 0) is 45.0 Å². The van der Waals surface area contributed by atoms with Crippen molar-refractivity contribution < 1.29 is 4.79 Å². The molecule has 4 nitrogen and oxygen atoms in total. The number of carbonyl (C=O) groups is 1. The molecular formula is C16H23N3OS. The molecular weight excluding hydrogens is 282 g/mol. The van der Waals surface area contributed by atoms with Crippen LogP contribution >= 0.6 is 12.2 Å². The van der Waals surface area contributed by atoms with E-state index in [1.54, 1.807) is 0 Å². The van der Waals surface area contributed by atoms with Crippen molar-refractivity contribution in [2.75, 3.05) is 6.54 Å². The molecule has 1 unspecified atom stereocenters. The van der Waals surface area contributed by atoms with Crippen molar-refractivity contribution in [3.8, 4) is 0 Å². The highest BCUT2D eigenvalue weighted by Crippen LogP contribution is 2.21. The zero-order chi connectivity index (χ0) is 15.5. The largest absolute Gasteiger partial charge is 0.358 e. The fourth-order valence-corrected chi connectivity index (χ4v) is 3.22. The Morgan fingerprint density at radius 1 is 1.43 bits per heavy atom. The lowest BCUT2D eigenvalue weighted by Crippen LogP contribution is -2.61. The Hall–Kier alpha value is -1.62. The molecule has 1 aliphatic rings. The molecule has 1 atom stereocenters. The average Bonchev–Trinajstić information content (AvgIpc) is 2.41. The second kappa shape index (κ2) is 6.43. The third kappa shape index (κ3) is 4.43. The summed E-state index contributed by atoms with van der Waals surface area (Å²) < 4.78 is 0. The van der Waals surface area contributed by atoms with Crippen molar-refractivity contribution in [1.29, 1.82) is 0 Å². The molecule has 21 heavy (non-hydrogen) atoms. The van der Waals surface area contributed by atoms with E-state index in [-0.39, 0.29) is 17.5 Å².